The van der Waals surface area contributed by atoms with E-state index in [9.17, 15) is 4.79 Å². The minimum absolute atomic E-state index is 0.305. The summed E-state index contributed by atoms with van der Waals surface area (Å²) in [6.07, 6.45) is 3.18. The molecule has 0 aromatic carbocycles. The van der Waals surface area contributed by atoms with Gasteiger partial charge < -0.3 is 25.2 Å². The maximum atomic E-state index is 11.9. The molecule has 0 unspecified atom stereocenters. The van der Waals surface area contributed by atoms with Gasteiger partial charge in [0, 0.05) is 46.3 Å². The van der Waals surface area contributed by atoms with Gasteiger partial charge in [0.2, 0.25) is 0 Å². The summed E-state index contributed by atoms with van der Waals surface area (Å²) in [4.78, 5) is 20.3. The first kappa shape index (κ1) is 21.5. The van der Waals surface area contributed by atoms with Crippen molar-refractivity contribution >= 4 is 12.1 Å². The van der Waals surface area contributed by atoms with Gasteiger partial charge in [0.1, 0.15) is 5.60 Å². The van der Waals surface area contributed by atoms with Crippen LogP contribution < -0.4 is 10.6 Å². The van der Waals surface area contributed by atoms with Gasteiger partial charge in [-0.3, -0.25) is 4.99 Å². The minimum atomic E-state index is -0.469. The van der Waals surface area contributed by atoms with E-state index in [2.05, 4.69) is 27.4 Å². The van der Waals surface area contributed by atoms with Crippen molar-refractivity contribution in [3.8, 4) is 0 Å². The molecular formula is C18H37N5O2. The van der Waals surface area contributed by atoms with Crippen LogP contribution in [0.3, 0.4) is 0 Å². The Morgan fingerprint density at radius 3 is 2.48 bits per heavy atom. The normalized spacial score (nSPS) is 17.3. The summed E-state index contributed by atoms with van der Waals surface area (Å²) in [6.45, 7) is 12.5. The summed E-state index contributed by atoms with van der Waals surface area (Å²) in [5.41, 5.74) is -0.469. The molecule has 1 saturated heterocycles. The fourth-order valence-electron chi connectivity index (χ4n) is 2.78. The number of ether oxygens (including phenoxy) is 1. The monoisotopic (exact) mass is 355 g/mol. The zero-order chi connectivity index (χ0) is 18.9. The molecule has 146 valence electrons. The van der Waals surface area contributed by atoms with Crippen molar-refractivity contribution in [1.29, 1.82) is 0 Å². The number of guanidine groups is 1. The van der Waals surface area contributed by atoms with Crippen LogP contribution in [0.5, 0.6) is 0 Å². The molecule has 1 fully saturated rings. The molecule has 1 aliphatic rings. The molecule has 1 heterocycles. The highest BCUT2D eigenvalue weighted by Gasteiger charge is 2.20. The second-order valence-corrected chi connectivity index (χ2v) is 7.66. The number of rotatable bonds is 6. The number of hydrogen-bond donors (Lipinski definition) is 2. The van der Waals surface area contributed by atoms with Gasteiger partial charge in [-0.2, -0.15) is 0 Å². The predicted octanol–water partition coefficient (Wildman–Crippen LogP) is 1.89. The first-order valence-corrected chi connectivity index (χ1v) is 9.38. The third kappa shape index (κ3) is 8.95. The lowest BCUT2D eigenvalue weighted by molar-refractivity contribution is 0.0302. The summed E-state index contributed by atoms with van der Waals surface area (Å²) in [5.74, 6) is 0.798. The number of likely N-dealkylation sites (N-methyl/N-ethyl adjacent to an activating group) is 1. The molecule has 1 aliphatic heterocycles. The van der Waals surface area contributed by atoms with Crippen LogP contribution in [0.2, 0.25) is 0 Å². The second-order valence-electron chi connectivity index (χ2n) is 7.66. The number of carbonyl (C=O) groups is 1. The third-order valence-corrected chi connectivity index (χ3v) is 4.14. The number of piperidine rings is 1. The Hall–Kier alpha value is -1.50. The Morgan fingerprint density at radius 2 is 1.96 bits per heavy atom. The van der Waals surface area contributed by atoms with Gasteiger partial charge >= 0.3 is 6.09 Å². The Labute approximate surface area is 153 Å². The van der Waals surface area contributed by atoms with Crippen LogP contribution >= 0.6 is 0 Å². The van der Waals surface area contributed by atoms with Crippen molar-refractivity contribution in [2.45, 2.75) is 58.6 Å². The average Bonchev–Trinajstić information content (AvgIpc) is 2.54. The molecule has 0 spiro atoms. The van der Waals surface area contributed by atoms with Crippen LogP contribution in [0.15, 0.2) is 4.99 Å². The number of carbonyl (C=O) groups excluding carboxylic acids is 1. The Balaban J connectivity index is 2.27. The molecule has 2 N–H and O–H groups in total. The standard InChI is InChI=1S/C18H37N5O2/c1-7-11-23-12-8-15(9-13-23)21-16(19-5)20-10-14-22(6)17(24)25-18(2,3)4/h15H,7-14H2,1-6H3,(H2,19,20,21). The van der Waals surface area contributed by atoms with Crippen LogP contribution in [0.4, 0.5) is 4.79 Å². The van der Waals surface area contributed by atoms with E-state index in [-0.39, 0.29) is 6.09 Å². The Morgan fingerprint density at radius 1 is 1.32 bits per heavy atom. The summed E-state index contributed by atoms with van der Waals surface area (Å²) < 4.78 is 5.34. The SMILES string of the molecule is CCCN1CCC(NC(=NC)NCCN(C)C(=O)OC(C)(C)C)CC1. The van der Waals surface area contributed by atoms with Gasteiger partial charge in [0.05, 0.1) is 0 Å². The summed E-state index contributed by atoms with van der Waals surface area (Å²) in [6, 6.07) is 0.461. The molecule has 25 heavy (non-hydrogen) atoms. The lowest BCUT2D eigenvalue weighted by Crippen LogP contribution is -2.50. The fraction of sp³-hybridized carbons (Fsp3) is 0.889. The highest BCUT2D eigenvalue weighted by atomic mass is 16.6. The highest BCUT2D eigenvalue weighted by molar-refractivity contribution is 5.80. The summed E-state index contributed by atoms with van der Waals surface area (Å²) >= 11 is 0. The lowest BCUT2D eigenvalue weighted by atomic mass is 10.1. The first-order valence-electron chi connectivity index (χ1n) is 9.38. The van der Waals surface area contributed by atoms with E-state index in [1.807, 2.05) is 20.8 Å². The van der Waals surface area contributed by atoms with E-state index in [4.69, 9.17) is 4.74 Å². The molecule has 1 rings (SSSR count). The topological polar surface area (TPSA) is 69.2 Å². The summed E-state index contributed by atoms with van der Waals surface area (Å²) in [5, 5.41) is 6.76. The average molecular weight is 356 g/mol. The van der Waals surface area contributed by atoms with E-state index in [0.29, 0.717) is 19.1 Å². The van der Waals surface area contributed by atoms with Crippen molar-refractivity contribution in [1.82, 2.24) is 20.4 Å². The lowest BCUT2D eigenvalue weighted by Gasteiger charge is -2.33. The van der Waals surface area contributed by atoms with E-state index in [1.165, 1.54) is 13.0 Å². The van der Waals surface area contributed by atoms with Crippen LogP contribution in [-0.4, -0.2) is 80.3 Å². The van der Waals surface area contributed by atoms with Gasteiger partial charge in [-0.1, -0.05) is 6.92 Å². The minimum Gasteiger partial charge on any atom is -0.444 e. The molecule has 7 nitrogen and oxygen atoms in total. The van der Waals surface area contributed by atoms with E-state index >= 15 is 0 Å². The molecule has 7 heteroatoms. The number of hydrogen-bond acceptors (Lipinski definition) is 4. The number of nitrogens with one attached hydrogen (secondary N) is 2. The van der Waals surface area contributed by atoms with Crippen molar-refractivity contribution in [2.75, 3.05) is 46.8 Å². The van der Waals surface area contributed by atoms with E-state index in [1.54, 1.807) is 19.0 Å². The summed E-state index contributed by atoms with van der Waals surface area (Å²) in [7, 11) is 3.52. The second kappa shape index (κ2) is 10.5. The maximum absolute atomic E-state index is 11.9. The van der Waals surface area contributed by atoms with Crippen molar-refractivity contribution in [2.24, 2.45) is 4.99 Å². The molecule has 1 amide bonds. The number of amides is 1. The largest absolute Gasteiger partial charge is 0.444 e. The Bertz CT molecular complexity index is 426. The van der Waals surface area contributed by atoms with Crippen LogP contribution in [0.25, 0.3) is 0 Å². The number of likely N-dealkylation sites (tertiary alicyclic amines) is 1. The Kier molecular flexibility index (Phi) is 9.03. The van der Waals surface area contributed by atoms with Crippen molar-refractivity contribution in [3.05, 3.63) is 0 Å². The molecule has 0 radical (unpaired) electrons. The molecule has 0 aromatic rings. The van der Waals surface area contributed by atoms with Gasteiger partial charge in [0.25, 0.3) is 0 Å². The fourth-order valence-corrected chi connectivity index (χ4v) is 2.78. The molecular weight excluding hydrogens is 318 g/mol. The van der Waals surface area contributed by atoms with E-state index < -0.39 is 5.60 Å². The van der Waals surface area contributed by atoms with Crippen LogP contribution in [0, 0.1) is 0 Å². The van der Waals surface area contributed by atoms with Crippen LogP contribution in [-0.2, 0) is 4.74 Å². The quantitative estimate of drug-likeness (QED) is 0.562. The van der Waals surface area contributed by atoms with Gasteiger partial charge in [-0.25, -0.2) is 4.79 Å². The molecule has 0 aliphatic carbocycles. The molecule has 0 atom stereocenters. The number of aliphatic imine (C=N–C) groups is 1. The smallest absolute Gasteiger partial charge is 0.410 e. The van der Waals surface area contributed by atoms with Gasteiger partial charge in [-0.15, -0.1) is 0 Å². The zero-order valence-corrected chi connectivity index (χ0v) is 16.9. The molecule has 0 aromatic heterocycles. The maximum Gasteiger partial charge on any atom is 0.410 e. The van der Waals surface area contributed by atoms with Crippen LogP contribution in [0.1, 0.15) is 47.0 Å². The predicted molar refractivity (Wildman–Crippen MR) is 103 cm³/mol. The van der Waals surface area contributed by atoms with Gasteiger partial charge in [-0.05, 0) is 46.6 Å². The number of nitrogens with zero attached hydrogens (tertiary/aromatic N) is 3. The third-order valence-electron chi connectivity index (χ3n) is 4.14. The van der Waals surface area contributed by atoms with Gasteiger partial charge in [0.15, 0.2) is 5.96 Å². The molecule has 0 bridgehead atoms. The van der Waals surface area contributed by atoms with Crippen molar-refractivity contribution < 1.29 is 9.53 Å². The highest BCUT2D eigenvalue weighted by Crippen LogP contribution is 2.10. The van der Waals surface area contributed by atoms with Crippen molar-refractivity contribution in [3.63, 3.8) is 0 Å². The molecule has 0 saturated carbocycles. The van der Waals surface area contributed by atoms with E-state index in [0.717, 1.165) is 31.9 Å². The first-order chi connectivity index (χ1) is 11.7. The zero-order valence-electron chi connectivity index (χ0n) is 16.9.